The van der Waals surface area contributed by atoms with Crippen LogP contribution >= 0.6 is 38.5 Å². The van der Waals surface area contributed by atoms with Crippen LogP contribution in [0.25, 0.3) is 0 Å². The molecule has 1 atom stereocenters. The molecule has 0 aliphatic heterocycles. The van der Waals surface area contributed by atoms with Crippen LogP contribution in [0.15, 0.2) is 18.2 Å². The molecule has 11 heavy (non-hydrogen) atoms. The van der Waals surface area contributed by atoms with E-state index >= 15 is 0 Å². The summed E-state index contributed by atoms with van der Waals surface area (Å²) in [5, 5.41) is 0. The van der Waals surface area contributed by atoms with Crippen LogP contribution in [-0.4, -0.2) is 0 Å². The van der Waals surface area contributed by atoms with E-state index in [1.54, 1.807) is 0 Å². The molecule has 0 aliphatic rings. The van der Waals surface area contributed by atoms with E-state index in [4.69, 9.17) is 0 Å². The highest BCUT2D eigenvalue weighted by Crippen LogP contribution is 2.24. The lowest BCUT2D eigenvalue weighted by atomic mass is 10.1. The quantitative estimate of drug-likeness (QED) is 0.540. The average Bonchev–Trinajstić information content (AvgIpc) is 1.94. The van der Waals surface area contributed by atoms with Crippen molar-refractivity contribution in [1.29, 1.82) is 0 Å². The van der Waals surface area contributed by atoms with E-state index in [0.717, 1.165) is 0 Å². The summed E-state index contributed by atoms with van der Waals surface area (Å²) >= 11 is 5.90. The van der Waals surface area contributed by atoms with E-state index in [1.807, 2.05) is 0 Å². The van der Waals surface area contributed by atoms with Crippen LogP contribution in [-0.2, 0) is 0 Å². The van der Waals surface area contributed by atoms with Crippen LogP contribution in [0.5, 0.6) is 0 Å². The highest BCUT2D eigenvalue weighted by Gasteiger charge is 2.01. The molecule has 0 spiro atoms. The van der Waals surface area contributed by atoms with Gasteiger partial charge in [0.15, 0.2) is 0 Å². The Kier molecular flexibility index (Phi) is 3.37. The van der Waals surface area contributed by atoms with Gasteiger partial charge >= 0.3 is 0 Å². The number of halogens is 2. The van der Waals surface area contributed by atoms with Crippen LogP contribution in [0, 0.1) is 10.5 Å². The fraction of sp³-hybridized carbons (Fsp3) is 0.333. The van der Waals surface area contributed by atoms with E-state index in [2.05, 4.69) is 70.6 Å². The van der Waals surface area contributed by atoms with Crippen LogP contribution in [0.4, 0.5) is 0 Å². The van der Waals surface area contributed by atoms with Gasteiger partial charge in [-0.05, 0) is 53.6 Å². The average molecular weight is 325 g/mol. The van der Waals surface area contributed by atoms with Crippen LogP contribution in [0.3, 0.4) is 0 Å². The minimum atomic E-state index is 0.455. The normalized spacial score (nSPS) is 13.1. The fourth-order valence-corrected chi connectivity index (χ4v) is 1.68. The zero-order valence-corrected chi connectivity index (χ0v) is 10.3. The molecule has 1 aromatic rings. The Bertz CT molecular complexity index is 256. The molecular formula is C9H10BrI. The van der Waals surface area contributed by atoms with Crippen molar-refractivity contribution in [3.63, 3.8) is 0 Å². The summed E-state index contributed by atoms with van der Waals surface area (Å²) in [6, 6.07) is 6.54. The molecule has 0 bridgehead atoms. The fourth-order valence-electron chi connectivity index (χ4n) is 0.857. The summed E-state index contributed by atoms with van der Waals surface area (Å²) in [6.45, 7) is 4.27. The molecule has 0 saturated heterocycles. The standard InChI is InChI=1S/C9H10BrI/c1-6-3-4-8(7(2)10)5-9(6)11/h3-5,7H,1-2H3. The summed E-state index contributed by atoms with van der Waals surface area (Å²) in [4.78, 5) is 0.455. The van der Waals surface area contributed by atoms with Gasteiger partial charge in [-0.1, -0.05) is 28.1 Å². The van der Waals surface area contributed by atoms with Gasteiger partial charge in [-0.2, -0.15) is 0 Å². The number of benzene rings is 1. The van der Waals surface area contributed by atoms with E-state index in [-0.39, 0.29) is 0 Å². The van der Waals surface area contributed by atoms with Crippen molar-refractivity contribution in [2.24, 2.45) is 0 Å². The van der Waals surface area contributed by atoms with Crippen molar-refractivity contribution < 1.29 is 0 Å². The first-order chi connectivity index (χ1) is 5.11. The molecule has 0 amide bonds. The van der Waals surface area contributed by atoms with Gasteiger partial charge in [-0.3, -0.25) is 0 Å². The Morgan fingerprint density at radius 1 is 1.45 bits per heavy atom. The Morgan fingerprint density at radius 3 is 2.55 bits per heavy atom. The number of aryl methyl sites for hydroxylation is 1. The van der Waals surface area contributed by atoms with Crippen LogP contribution < -0.4 is 0 Å². The molecule has 1 rings (SSSR count). The lowest BCUT2D eigenvalue weighted by Crippen LogP contribution is -1.86. The Labute approximate surface area is 89.7 Å². The molecule has 0 saturated carbocycles. The lowest BCUT2D eigenvalue weighted by Gasteiger charge is -2.05. The second-order valence-electron chi connectivity index (χ2n) is 2.62. The van der Waals surface area contributed by atoms with E-state index in [9.17, 15) is 0 Å². The molecule has 1 unspecified atom stereocenters. The van der Waals surface area contributed by atoms with E-state index in [0.29, 0.717) is 4.83 Å². The smallest absolute Gasteiger partial charge is 0.0367 e. The number of rotatable bonds is 1. The Balaban J connectivity index is 3.05. The monoisotopic (exact) mass is 324 g/mol. The minimum absolute atomic E-state index is 0.455. The Hall–Kier alpha value is 0.430. The summed E-state index contributed by atoms with van der Waals surface area (Å²) in [7, 11) is 0. The van der Waals surface area contributed by atoms with Crippen molar-refractivity contribution in [2.75, 3.05) is 0 Å². The van der Waals surface area contributed by atoms with Gasteiger partial charge in [-0.25, -0.2) is 0 Å². The molecule has 0 aliphatic carbocycles. The molecule has 0 nitrogen and oxygen atoms in total. The van der Waals surface area contributed by atoms with Gasteiger partial charge in [0.1, 0.15) is 0 Å². The first kappa shape index (κ1) is 9.52. The van der Waals surface area contributed by atoms with Crippen molar-refractivity contribution in [1.82, 2.24) is 0 Å². The summed E-state index contributed by atoms with van der Waals surface area (Å²) in [6.07, 6.45) is 0. The highest BCUT2D eigenvalue weighted by molar-refractivity contribution is 14.1. The summed E-state index contributed by atoms with van der Waals surface area (Å²) in [5.74, 6) is 0. The van der Waals surface area contributed by atoms with Gasteiger partial charge < -0.3 is 0 Å². The first-order valence-corrected chi connectivity index (χ1v) is 5.51. The lowest BCUT2D eigenvalue weighted by molar-refractivity contribution is 1.11. The zero-order valence-electron chi connectivity index (χ0n) is 6.57. The molecule has 0 radical (unpaired) electrons. The van der Waals surface area contributed by atoms with Crippen molar-refractivity contribution in [3.05, 3.63) is 32.9 Å². The number of hydrogen-bond donors (Lipinski definition) is 0. The second-order valence-corrected chi connectivity index (χ2v) is 5.16. The van der Waals surface area contributed by atoms with Crippen molar-refractivity contribution in [3.8, 4) is 0 Å². The van der Waals surface area contributed by atoms with Crippen molar-refractivity contribution >= 4 is 38.5 Å². The largest absolute Gasteiger partial charge is 0.0842 e. The SMILES string of the molecule is Cc1ccc(C(C)Br)cc1I. The molecule has 1 aromatic carbocycles. The van der Waals surface area contributed by atoms with Crippen LogP contribution in [0.1, 0.15) is 22.9 Å². The van der Waals surface area contributed by atoms with Gasteiger partial charge in [-0.15, -0.1) is 0 Å². The topological polar surface area (TPSA) is 0 Å². The van der Waals surface area contributed by atoms with E-state index in [1.165, 1.54) is 14.7 Å². The minimum Gasteiger partial charge on any atom is -0.0842 e. The Morgan fingerprint density at radius 2 is 2.09 bits per heavy atom. The third-order valence-electron chi connectivity index (χ3n) is 1.66. The maximum absolute atomic E-state index is 3.54. The van der Waals surface area contributed by atoms with Gasteiger partial charge in [0.05, 0.1) is 0 Å². The molecule has 0 N–H and O–H groups in total. The first-order valence-electron chi connectivity index (χ1n) is 3.51. The molecule has 2 heteroatoms. The zero-order chi connectivity index (χ0) is 8.43. The predicted octanol–water partition coefficient (Wildman–Crippen LogP) is 4.06. The molecule has 0 aromatic heterocycles. The predicted molar refractivity (Wildman–Crippen MR) is 61.2 cm³/mol. The maximum atomic E-state index is 3.54. The highest BCUT2D eigenvalue weighted by atomic mass is 127. The molecule has 0 heterocycles. The summed E-state index contributed by atoms with van der Waals surface area (Å²) in [5.41, 5.74) is 2.70. The van der Waals surface area contributed by atoms with E-state index < -0.39 is 0 Å². The third kappa shape index (κ3) is 2.44. The van der Waals surface area contributed by atoms with Gasteiger partial charge in [0, 0.05) is 8.40 Å². The maximum Gasteiger partial charge on any atom is 0.0367 e. The van der Waals surface area contributed by atoms with Crippen molar-refractivity contribution in [2.45, 2.75) is 18.7 Å². The summed E-state index contributed by atoms with van der Waals surface area (Å²) < 4.78 is 1.34. The van der Waals surface area contributed by atoms with Gasteiger partial charge in [0.2, 0.25) is 0 Å². The van der Waals surface area contributed by atoms with Crippen LogP contribution in [0.2, 0.25) is 0 Å². The molecule has 0 fully saturated rings. The molecular weight excluding hydrogens is 315 g/mol. The van der Waals surface area contributed by atoms with Gasteiger partial charge in [0.25, 0.3) is 0 Å². The third-order valence-corrected chi connectivity index (χ3v) is 3.35. The number of hydrogen-bond acceptors (Lipinski definition) is 0. The number of alkyl halides is 1. The second kappa shape index (κ2) is 3.90. The molecule has 60 valence electrons.